The van der Waals surface area contributed by atoms with Crippen LogP contribution in [-0.2, 0) is 4.79 Å². The Morgan fingerprint density at radius 3 is 2.45 bits per heavy atom. The lowest BCUT2D eigenvalue weighted by atomic mass is 10.1. The fourth-order valence-electron chi connectivity index (χ4n) is 1.90. The third-order valence-corrected chi connectivity index (χ3v) is 3.18. The molecule has 4 nitrogen and oxygen atoms in total. The summed E-state index contributed by atoms with van der Waals surface area (Å²) in [6, 6.07) is 7.76. The molecule has 0 aliphatic heterocycles. The van der Waals surface area contributed by atoms with Crippen LogP contribution >= 0.6 is 12.4 Å². The van der Waals surface area contributed by atoms with Gasteiger partial charge in [-0.05, 0) is 26.5 Å². The first-order valence-corrected chi connectivity index (χ1v) is 6.75. The van der Waals surface area contributed by atoms with Crippen molar-refractivity contribution in [2.45, 2.75) is 26.4 Å². The normalized spacial score (nSPS) is 11.6. The number of carbonyl (C=O) groups excluding carboxylic acids is 1. The molecule has 0 saturated carbocycles. The van der Waals surface area contributed by atoms with Crippen LogP contribution in [0.4, 0.5) is 0 Å². The lowest BCUT2D eigenvalue weighted by Gasteiger charge is -2.24. The summed E-state index contributed by atoms with van der Waals surface area (Å²) in [5.74, 6) is 0.0722. The summed E-state index contributed by atoms with van der Waals surface area (Å²) in [6.45, 7) is 5.57. The molecule has 5 heteroatoms. The van der Waals surface area contributed by atoms with Gasteiger partial charge < -0.3 is 15.3 Å². The maximum atomic E-state index is 11.9. The van der Waals surface area contributed by atoms with Crippen molar-refractivity contribution in [2.75, 3.05) is 26.7 Å². The molecule has 0 radical (unpaired) electrons. The predicted octanol–water partition coefficient (Wildman–Crippen LogP) is 1.91. The van der Waals surface area contributed by atoms with Gasteiger partial charge in [0.15, 0.2) is 0 Å². The fourth-order valence-corrected chi connectivity index (χ4v) is 1.90. The molecule has 2 N–H and O–H groups in total. The van der Waals surface area contributed by atoms with Crippen LogP contribution in [0.5, 0.6) is 0 Å². The van der Waals surface area contributed by atoms with Crippen LogP contribution in [-0.4, -0.2) is 42.6 Å². The third kappa shape index (κ3) is 5.90. The van der Waals surface area contributed by atoms with E-state index in [2.05, 4.69) is 5.32 Å². The average Bonchev–Trinajstić information content (AvgIpc) is 2.42. The van der Waals surface area contributed by atoms with E-state index in [9.17, 15) is 9.90 Å². The van der Waals surface area contributed by atoms with Crippen molar-refractivity contribution in [3.8, 4) is 0 Å². The second-order valence-corrected chi connectivity index (χ2v) is 4.71. The van der Waals surface area contributed by atoms with Crippen LogP contribution in [0.15, 0.2) is 24.3 Å². The van der Waals surface area contributed by atoms with E-state index < -0.39 is 6.10 Å². The standard InChI is InChI=1S/C15H24N2O2.ClH/c1-4-17(15(19)9-10-16-3)11-14(18)13-7-5-12(2)6-8-13;/h5-8,14,16,18H,4,9-11H2,1-3H3;1H. The Bertz CT molecular complexity index is 395. The lowest BCUT2D eigenvalue weighted by molar-refractivity contribution is -0.132. The molecule has 1 rings (SSSR count). The Labute approximate surface area is 127 Å². The number of halogens is 1. The van der Waals surface area contributed by atoms with Crippen LogP contribution in [0, 0.1) is 6.92 Å². The smallest absolute Gasteiger partial charge is 0.223 e. The van der Waals surface area contributed by atoms with Gasteiger partial charge >= 0.3 is 0 Å². The van der Waals surface area contributed by atoms with Crippen molar-refractivity contribution in [3.05, 3.63) is 35.4 Å². The van der Waals surface area contributed by atoms with E-state index in [1.807, 2.05) is 45.2 Å². The van der Waals surface area contributed by atoms with Crippen molar-refractivity contribution in [1.82, 2.24) is 10.2 Å². The fraction of sp³-hybridized carbons (Fsp3) is 0.533. The van der Waals surface area contributed by atoms with Crippen LogP contribution in [0.2, 0.25) is 0 Å². The molecule has 114 valence electrons. The molecule has 0 spiro atoms. The maximum Gasteiger partial charge on any atom is 0.223 e. The van der Waals surface area contributed by atoms with Gasteiger partial charge in [-0.3, -0.25) is 4.79 Å². The third-order valence-electron chi connectivity index (χ3n) is 3.18. The molecule has 1 unspecified atom stereocenters. The maximum absolute atomic E-state index is 11.9. The number of amides is 1. The Morgan fingerprint density at radius 2 is 1.95 bits per heavy atom. The van der Waals surface area contributed by atoms with Gasteiger partial charge in [-0.15, -0.1) is 12.4 Å². The highest BCUT2D eigenvalue weighted by molar-refractivity contribution is 5.85. The van der Waals surface area contributed by atoms with Gasteiger partial charge in [0.25, 0.3) is 0 Å². The molecule has 0 fully saturated rings. The summed E-state index contributed by atoms with van der Waals surface area (Å²) in [6.07, 6.45) is -0.163. The zero-order valence-electron chi connectivity index (χ0n) is 12.4. The number of nitrogens with one attached hydrogen (secondary N) is 1. The lowest BCUT2D eigenvalue weighted by Crippen LogP contribution is -2.35. The predicted molar refractivity (Wildman–Crippen MR) is 84.2 cm³/mol. The molecule has 1 atom stereocenters. The van der Waals surface area contributed by atoms with Gasteiger partial charge in [0, 0.05) is 19.5 Å². The zero-order chi connectivity index (χ0) is 14.3. The number of aryl methyl sites for hydroxylation is 1. The highest BCUT2D eigenvalue weighted by Crippen LogP contribution is 2.15. The minimum absolute atomic E-state index is 0. The summed E-state index contributed by atoms with van der Waals surface area (Å²) >= 11 is 0. The summed E-state index contributed by atoms with van der Waals surface area (Å²) < 4.78 is 0. The molecule has 1 aromatic rings. The van der Waals surface area contributed by atoms with E-state index in [-0.39, 0.29) is 18.3 Å². The van der Waals surface area contributed by atoms with E-state index in [0.717, 1.165) is 11.1 Å². The number of aliphatic hydroxyl groups is 1. The largest absolute Gasteiger partial charge is 0.387 e. The van der Waals surface area contributed by atoms with E-state index in [1.54, 1.807) is 4.90 Å². The van der Waals surface area contributed by atoms with Crippen LogP contribution in [0.1, 0.15) is 30.6 Å². The van der Waals surface area contributed by atoms with Crippen LogP contribution in [0.3, 0.4) is 0 Å². The number of nitrogens with zero attached hydrogens (tertiary/aromatic N) is 1. The minimum atomic E-state index is -0.626. The van der Waals surface area contributed by atoms with Crippen molar-refractivity contribution in [3.63, 3.8) is 0 Å². The van der Waals surface area contributed by atoms with Crippen LogP contribution in [0.25, 0.3) is 0 Å². The monoisotopic (exact) mass is 300 g/mol. The Hall–Kier alpha value is -1.10. The molecule has 1 aromatic carbocycles. The van der Waals surface area contributed by atoms with Gasteiger partial charge in [-0.1, -0.05) is 29.8 Å². The number of hydrogen-bond donors (Lipinski definition) is 2. The van der Waals surface area contributed by atoms with Crippen molar-refractivity contribution in [2.24, 2.45) is 0 Å². The number of aliphatic hydroxyl groups excluding tert-OH is 1. The highest BCUT2D eigenvalue weighted by Gasteiger charge is 2.16. The van der Waals surface area contributed by atoms with Gasteiger partial charge in [-0.25, -0.2) is 0 Å². The van der Waals surface area contributed by atoms with Crippen molar-refractivity contribution in [1.29, 1.82) is 0 Å². The van der Waals surface area contributed by atoms with E-state index >= 15 is 0 Å². The van der Waals surface area contributed by atoms with Crippen LogP contribution < -0.4 is 5.32 Å². The molecule has 20 heavy (non-hydrogen) atoms. The number of hydrogen-bond acceptors (Lipinski definition) is 3. The first-order chi connectivity index (χ1) is 9.08. The molecule has 0 bridgehead atoms. The van der Waals surface area contributed by atoms with E-state index in [0.29, 0.717) is 26.1 Å². The summed E-state index contributed by atoms with van der Waals surface area (Å²) in [7, 11) is 1.82. The van der Waals surface area contributed by atoms with Gasteiger partial charge in [0.1, 0.15) is 0 Å². The molecule has 0 saturated heterocycles. The Morgan fingerprint density at radius 1 is 1.35 bits per heavy atom. The van der Waals surface area contributed by atoms with Gasteiger partial charge in [0.2, 0.25) is 5.91 Å². The molecule has 0 heterocycles. The molecule has 0 aromatic heterocycles. The number of rotatable bonds is 7. The zero-order valence-corrected chi connectivity index (χ0v) is 13.2. The van der Waals surface area contributed by atoms with Crippen molar-refractivity contribution >= 4 is 18.3 Å². The summed E-state index contributed by atoms with van der Waals surface area (Å²) in [5, 5.41) is 13.1. The SMILES string of the molecule is CCN(CC(O)c1ccc(C)cc1)C(=O)CCNC.Cl. The first kappa shape index (κ1) is 18.9. The molecular weight excluding hydrogens is 276 g/mol. The molecular formula is C15H25ClN2O2. The van der Waals surface area contributed by atoms with Gasteiger partial charge in [-0.2, -0.15) is 0 Å². The quantitative estimate of drug-likeness (QED) is 0.809. The molecule has 1 amide bonds. The molecule has 0 aliphatic rings. The number of benzene rings is 1. The second kappa shape index (κ2) is 9.75. The number of carbonyl (C=O) groups is 1. The first-order valence-electron chi connectivity index (χ1n) is 6.75. The van der Waals surface area contributed by atoms with Crippen molar-refractivity contribution < 1.29 is 9.90 Å². The molecule has 0 aliphatic carbocycles. The Balaban J connectivity index is 0.00000361. The van der Waals surface area contributed by atoms with Gasteiger partial charge in [0.05, 0.1) is 12.6 Å². The van der Waals surface area contributed by atoms with E-state index in [1.165, 1.54) is 0 Å². The second-order valence-electron chi connectivity index (χ2n) is 4.71. The summed E-state index contributed by atoms with van der Waals surface area (Å²) in [5.41, 5.74) is 2.01. The number of likely N-dealkylation sites (N-methyl/N-ethyl adjacent to an activating group) is 1. The summed E-state index contributed by atoms with van der Waals surface area (Å²) in [4.78, 5) is 13.6. The Kier molecular flexibility index (Phi) is 9.21. The van der Waals surface area contributed by atoms with E-state index in [4.69, 9.17) is 0 Å². The topological polar surface area (TPSA) is 52.6 Å². The highest BCUT2D eigenvalue weighted by atomic mass is 35.5. The average molecular weight is 301 g/mol. The minimum Gasteiger partial charge on any atom is -0.387 e.